The highest BCUT2D eigenvalue weighted by Gasteiger charge is 2.36. The first-order valence-electron chi connectivity index (χ1n) is 9.43. The van der Waals surface area contributed by atoms with Gasteiger partial charge in [0.25, 0.3) is 0 Å². The van der Waals surface area contributed by atoms with E-state index >= 15 is 0 Å². The first-order chi connectivity index (χ1) is 12.9. The monoisotopic (exact) mass is 416 g/mol. The Bertz CT molecular complexity index is 591. The molecule has 1 fully saturated rings. The van der Waals surface area contributed by atoms with Crippen LogP contribution < -0.4 is 16.4 Å². The molecule has 3 amide bonds. The molecule has 4 N–H and O–H groups in total. The molecule has 0 radical (unpaired) electrons. The Morgan fingerprint density at radius 1 is 1.25 bits per heavy atom. The van der Waals surface area contributed by atoms with E-state index in [2.05, 4.69) is 10.6 Å². The zero-order valence-corrected chi connectivity index (χ0v) is 18.1. The van der Waals surface area contributed by atoms with Crippen molar-refractivity contribution in [2.45, 2.75) is 71.6 Å². The molecule has 1 aliphatic rings. The fourth-order valence-corrected chi connectivity index (χ4v) is 3.77. The summed E-state index contributed by atoms with van der Waals surface area (Å²) in [7, 11) is 0. The van der Waals surface area contributed by atoms with Crippen LogP contribution in [0.5, 0.6) is 0 Å². The lowest BCUT2D eigenvalue weighted by atomic mass is 10.0. The molecule has 1 saturated heterocycles. The number of amides is 3. The van der Waals surface area contributed by atoms with Crippen LogP contribution in [0, 0.1) is 5.92 Å². The molecule has 0 aliphatic carbocycles. The predicted molar refractivity (Wildman–Crippen MR) is 107 cm³/mol. The van der Waals surface area contributed by atoms with Crippen molar-refractivity contribution in [1.82, 2.24) is 14.9 Å². The van der Waals surface area contributed by atoms with Crippen molar-refractivity contribution in [2.75, 3.05) is 13.1 Å². The van der Waals surface area contributed by atoms with Crippen molar-refractivity contribution in [2.24, 2.45) is 11.7 Å². The third kappa shape index (κ3) is 8.92. The number of rotatable bonds is 8. The van der Waals surface area contributed by atoms with E-state index in [1.165, 1.54) is 0 Å². The van der Waals surface area contributed by atoms with Crippen LogP contribution in [0.15, 0.2) is 0 Å². The summed E-state index contributed by atoms with van der Waals surface area (Å²) in [5, 5.41) is 4.72. The fourth-order valence-electron chi connectivity index (χ4n) is 2.74. The Morgan fingerprint density at radius 3 is 2.43 bits per heavy atom. The van der Waals surface area contributed by atoms with Gasteiger partial charge in [0, 0.05) is 18.5 Å². The maximum atomic E-state index is 12.8. The van der Waals surface area contributed by atoms with Gasteiger partial charge < -0.3 is 21.1 Å². The molecule has 9 nitrogen and oxygen atoms in total. The number of hydrogen-bond acceptors (Lipinski definition) is 7. The van der Waals surface area contributed by atoms with Crippen molar-refractivity contribution in [3.8, 4) is 0 Å². The maximum absolute atomic E-state index is 12.8. The summed E-state index contributed by atoms with van der Waals surface area (Å²) in [4.78, 5) is 48.0. The van der Waals surface area contributed by atoms with E-state index in [0.29, 0.717) is 19.4 Å². The second-order valence-electron chi connectivity index (χ2n) is 8.23. The highest BCUT2D eigenvalue weighted by atomic mass is 32.2. The van der Waals surface area contributed by atoms with Gasteiger partial charge in [0.2, 0.25) is 17.7 Å². The van der Waals surface area contributed by atoms with Gasteiger partial charge in [-0.1, -0.05) is 13.8 Å². The molecule has 0 aromatic heterocycles. The maximum Gasteiger partial charge on any atom is 0.383 e. The topological polar surface area (TPSA) is 131 Å². The summed E-state index contributed by atoms with van der Waals surface area (Å²) in [5.41, 5.74) is 4.45. The molecule has 1 aliphatic heterocycles. The molecule has 0 unspecified atom stereocenters. The van der Waals surface area contributed by atoms with Crippen LogP contribution in [0.2, 0.25) is 0 Å². The van der Waals surface area contributed by atoms with Crippen LogP contribution in [0.25, 0.3) is 0 Å². The van der Waals surface area contributed by atoms with Crippen LogP contribution in [0.3, 0.4) is 0 Å². The van der Waals surface area contributed by atoms with Crippen molar-refractivity contribution in [3.05, 3.63) is 0 Å². The zero-order chi connectivity index (χ0) is 21.5. The van der Waals surface area contributed by atoms with E-state index in [0.717, 1.165) is 18.4 Å². The second kappa shape index (κ2) is 10.7. The summed E-state index contributed by atoms with van der Waals surface area (Å²) in [6.45, 7) is 9.49. The van der Waals surface area contributed by atoms with E-state index in [1.54, 1.807) is 25.1 Å². The fraction of sp³-hybridized carbons (Fsp3) is 0.778. The summed E-state index contributed by atoms with van der Waals surface area (Å²) in [6.07, 6.45) is 1.76. The third-order valence-electron chi connectivity index (χ3n) is 3.86. The Morgan fingerprint density at radius 2 is 1.89 bits per heavy atom. The minimum atomic E-state index is -0.777. The Kier molecular flexibility index (Phi) is 9.22. The van der Waals surface area contributed by atoms with E-state index in [4.69, 9.17) is 10.5 Å². The number of nitrogens with zero attached hydrogens (tertiary/aromatic N) is 1. The second-order valence-corrected chi connectivity index (χ2v) is 9.21. The van der Waals surface area contributed by atoms with E-state index in [9.17, 15) is 19.2 Å². The number of ether oxygens (including phenoxy) is 1. The first-order valence-corrected chi connectivity index (χ1v) is 10.2. The SMILES string of the molecule is CC(C)C[C@H](NC(=O)[C@@H]1CCCN1SC(=O)OC(C)(C)C)C(=O)NCC(N)=O. The average Bonchev–Trinajstić information content (AvgIpc) is 2.97. The Hall–Kier alpha value is -1.81. The molecule has 28 heavy (non-hydrogen) atoms. The van der Waals surface area contributed by atoms with Gasteiger partial charge in [-0.05, 0) is 46.0 Å². The molecule has 0 aromatic rings. The van der Waals surface area contributed by atoms with Crippen LogP contribution in [-0.2, 0) is 19.1 Å². The smallest absolute Gasteiger partial charge is 0.383 e. The normalized spacial score (nSPS) is 18.6. The zero-order valence-electron chi connectivity index (χ0n) is 17.2. The van der Waals surface area contributed by atoms with Gasteiger partial charge in [-0.25, -0.2) is 9.10 Å². The Labute approximate surface area is 170 Å². The largest absolute Gasteiger partial charge is 0.451 e. The van der Waals surface area contributed by atoms with Crippen LogP contribution in [-0.4, -0.2) is 58.1 Å². The summed E-state index contributed by atoms with van der Waals surface area (Å²) in [5.74, 6) is -1.28. The number of carbonyl (C=O) groups is 4. The summed E-state index contributed by atoms with van der Waals surface area (Å²) >= 11 is 0.884. The first kappa shape index (κ1) is 24.2. The van der Waals surface area contributed by atoms with Crippen molar-refractivity contribution < 1.29 is 23.9 Å². The Balaban J connectivity index is 2.72. The van der Waals surface area contributed by atoms with Gasteiger partial charge >= 0.3 is 5.30 Å². The number of hydrogen-bond donors (Lipinski definition) is 3. The molecular weight excluding hydrogens is 384 g/mol. The molecule has 1 rings (SSSR count). The molecule has 0 bridgehead atoms. The molecule has 0 saturated carbocycles. The minimum Gasteiger partial charge on any atom is -0.451 e. The molecule has 1 heterocycles. The van der Waals surface area contributed by atoms with Gasteiger partial charge in [0.05, 0.1) is 12.6 Å². The van der Waals surface area contributed by atoms with Gasteiger partial charge in [-0.2, -0.15) is 0 Å². The molecule has 0 spiro atoms. The van der Waals surface area contributed by atoms with Crippen LogP contribution >= 0.6 is 11.9 Å². The van der Waals surface area contributed by atoms with Gasteiger partial charge in [-0.15, -0.1) is 0 Å². The molecular formula is C18H32N4O5S. The van der Waals surface area contributed by atoms with E-state index in [-0.39, 0.29) is 18.4 Å². The quantitative estimate of drug-likeness (QED) is 0.400. The van der Waals surface area contributed by atoms with E-state index < -0.39 is 34.8 Å². The minimum absolute atomic E-state index is 0.153. The van der Waals surface area contributed by atoms with Crippen LogP contribution in [0.1, 0.15) is 53.9 Å². The molecule has 160 valence electrons. The van der Waals surface area contributed by atoms with Crippen LogP contribution in [0.4, 0.5) is 4.79 Å². The standard InChI is InChI=1S/C18H32N4O5S/c1-11(2)9-12(15(24)20-10-14(19)23)21-16(25)13-7-6-8-22(13)28-17(26)27-18(3,4)5/h11-13H,6-10H2,1-5H3,(H2,19,23)(H,20,24)(H,21,25)/t12-,13-/m0/s1. The number of carbonyl (C=O) groups excluding carboxylic acids is 4. The number of nitrogens with two attached hydrogens (primary N) is 1. The molecule has 0 aromatic carbocycles. The van der Waals surface area contributed by atoms with Gasteiger partial charge in [-0.3, -0.25) is 14.4 Å². The van der Waals surface area contributed by atoms with Crippen molar-refractivity contribution in [3.63, 3.8) is 0 Å². The lowest BCUT2D eigenvalue weighted by molar-refractivity contribution is -0.131. The highest BCUT2D eigenvalue weighted by molar-refractivity contribution is 8.11. The lowest BCUT2D eigenvalue weighted by Gasteiger charge is -2.26. The van der Waals surface area contributed by atoms with Gasteiger partial charge in [0.15, 0.2) is 0 Å². The molecule has 10 heteroatoms. The van der Waals surface area contributed by atoms with Crippen molar-refractivity contribution >= 4 is 35.0 Å². The summed E-state index contributed by atoms with van der Waals surface area (Å²) < 4.78 is 6.99. The summed E-state index contributed by atoms with van der Waals surface area (Å²) in [6, 6.07) is -1.31. The highest BCUT2D eigenvalue weighted by Crippen LogP contribution is 2.28. The predicted octanol–water partition coefficient (Wildman–Crippen LogP) is 1.17. The van der Waals surface area contributed by atoms with Crippen molar-refractivity contribution in [1.29, 1.82) is 0 Å². The molecule has 2 atom stereocenters. The lowest BCUT2D eigenvalue weighted by Crippen LogP contribution is -2.52. The van der Waals surface area contributed by atoms with Gasteiger partial charge in [0.1, 0.15) is 11.6 Å². The third-order valence-corrected chi connectivity index (χ3v) is 4.77. The van der Waals surface area contributed by atoms with E-state index in [1.807, 2.05) is 13.8 Å². The number of nitrogens with one attached hydrogen (secondary N) is 2. The average molecular weight is 417 g/mol. The number of primary amides is 1.